The third-order valence-corrected chi connectivity index (χ3v) is 5.41. The Bertz CT molecular complexity index is 1480. The van der Waals surface area contributed by atoms with Crippen molar-refractivity contribution < 1.29 is 22.4 Å². The zero-order chi connectivity index (χ0) is 22.7. The summed E-state index contributed by atoms with van der Waals surface area (Å²) in [5, 5.41) is 7.77. The predicted octanol–water partition coefficient (Wildman–Crippen LogP) is 2.40. The Labute approximate surface area is 183 Å². The lowest BCUT2D eigenvalue weighted by Crippen LogP contribution is -2.41. The minimum atomic E-state index is -0.955. The third kappa shape index (κ3) is 3.00. The number of imidazole rings is 2. The molecule has 6 rings (SSSR count). The Kier molecular flexibility index (Phi) is 4.12. The number of nitrogens with one attached hydrogen (secondary N) is 1. The minimum Gasteiger partial charge on any atom is -0.435 e. The predicted molar refractivity (Wildman–Crippen MR) is 106 cm³/mol. The van der Waals surface area contributed by atoms with Crippen LogP contribution < -0.4 is 0 Å². The molecule has 0 saturated carbocycles. The van der Waals surface area contributed by atoms with Crippen LogP contribution in [0.1, 0.15) is 34.0 Å². The van der Waals surface area contributed by atoms with Crippen LogP contribution in [0.2, 0.25) is 0 Å². The summed E-state index contributed by atoms with van der Waals surface area (Å²) in [5.74, 6) is -2.38. The van der Waals surface area contributed by atoms with Crippen molar-refractivity contribution in [3.05, 3.63) is 65.8 Å². The number of oxazole rings is 1. The molecule has 1 aromatic carbocycles. The molecule has 11 nitrogen and oxygen atoms in total. The number of hydrogen-bond donors (Lipinski definition) is 1. The fraction of sp³-hybridized carbons (Fsp3) is 0.200. The van der Waals surface area contributed by atoms with Crippen LogP contribution >= 0.6 is 0 Å². The fourth-order valence-electron chi connectivity index (χ4n) is 3.88. The van der Waals surface area contributed by atoms with Crippen molar-refractivity contribution in [1.82, 2.24) is 39.6 Å². The number of aryl methyl sites for hydroxylation is 1. The molecule has 4 aromatic heterocycles. The van der Waals surface area contributed by atoms with Gasteiger partial charge in [0.25, 0.3) is 5.89 Å². The molecule has 166 valence electrons. The van der Waals surface area contributed by atoms with E-state index >= 15 is 0 Å². The number of fused-ring (bicyclic) bond motifs is 2. The van der Waals surface area contributed by atoms with Crippen LogP contribution in [0.3, 0.4) is 0 Å². The fourth-order valence-corrected chi connectivity index (χ4v) is 3.88. The van der Waals surface area contributed by atoms with E-state index in [2.05, 4.69) is 30.1 Å². The van der Waals surface area contributed by atoms with Crippen LogP contribution in [0.5, 0.6) is 0 Å². The van der Waals surface area contributed by atoms with Gasteiger partial charge in [0, 0.05) is 31.9 Å². The van der Waals surface area contributed by atoms with Gasteiger partial charge in [0.2, 0.25) is 5.89 Å². The normalized spacial score (nSPS) is 15.8. The first-order valence-corrected chi connectivity index (χ1v) is 9.89. The van der Waals surface area contributed by atoms with Gasteiger partial charge >= 0.3 is 11.8 Å². The van der Waals surface area contributed by atoms with Crippen LogP contribution in [0.15, 0.2) is 39.8 Å². The molecule has 1 aliphatic rings. The van der Waals surface area contributed by atoms with Crippen LogP contribution in [-0.4, -0.2) is 52.1 Å². The smallest absolute Gasteiger partial charge is 0.312 e. The lowest BCUT2D eigenvalue weighted by molar-refractivity contribution is 0.0627. The number of rotatable bonds is 3. The maximum atomic E-state index is 14.2. The number of amides is 1. The van der Waals surface area contributed by atoms with E-state index in [-0.39, 0.29) is 35.3 Å². The molecule has 1 amide bonds. The van der Waals surface area contributed by atoms with Gasteiger partial charge in [-0.05, 0) is 12.1 Å². The van der Waals surface area contributed by atoms with Gasteiger partial charge in [0.15, 0.2) is 23.3 Å². The summed E-state index contributed by atoms with van der Waals surface area (Å²) in [7, 11) is 1.78. The second-order valence-electron chi connectivity index (χ2n) is 7.51. The SMILES string of the molecule is Cn1cnc(-c2nnc(C(=O)N3CCc4[nH]cnc4[C@H]3c3nc4c(F)ccc(F)c4o3)o2)c1. The van der Waals surface area contributed by atoms with Crippen molar-refractivity contribution >= 4 is 17.0 Å². The van der Waals surface area contributed by atoms with Gasteiger partial charge in [-0.2, -0.15) is 0 Å². The highest BCUT2D eigenvalue weighted by molar-refractivity contribution is 5.90. The highest BCUT2D eigenvalue weighted by Gasteiger charge is 2.40. The summed E-state index contributed by atoms with van der Waals surface area (Å²) in [4.78, 5) is 30.3. The largest absolute Gasteiger partial charge is 0.435 e. The van der Waals surface area contributed by atoms with Crippen molar-refractivity contribution in [3.63, 3.8) is 0 Å². The number of H-pyrrole nitrogens is 1. The number of aromatic amines is 1. The van der Waals surface area contributed by atoms with E-state index in [1.54, 1.807) is 24.1 Å². The highest BCUT2D eigenvalue weighted by Crippen LogP contribution is 2.36. The first kappa shape index (κ1) is 19.3. The average molecular weight is 452 g/mol. The third-order valence-electron chi connectivity index (χ3n) is 5.41. The van der Waals surface area contributed by atoms with E-state index in [9.17, 15) is 13.6 Å². The van der Waals surface area contributed by atoms with E-state index in [0.29, 0.717) is 17.8 Å². The summed E-state index contributed by atoms with van der Waals surface area (Å²) < 4.78 is 41.3. The number of nitrogens with zero attached hydrogens (tertiary/aromatic N) is 7. The summed E-state index contributed by atoms with van der Waals surface area (Å²) in [6.45, 7) is 0.226. The minimum absolute atomic E-state index is 0.0824. The molecule has 1 N–H and O–H groups in total. The molecule has 5 heterocycles. The Morgan fingerprint density at radius 3 is 2.82 bits per heavy atom. The second-order valence-corrected chi connectivity index (χ2v) is 7.51. The molecule has 0 unspecified atom stereocenters. The molecule has 33 heavy (non-hydrogen) atoms. The number of hydrogen-bond acceptors (Lipinski definition) is 8. The molecule has 0 spiro atoms. The van der Waals surface area contributed by atoms with Gasteiger partial charge < -0.3 is 23.3 Å². The second kappa shape index (κ2) is 7.05. The van der Waals surface area contributed by atoms with Gasteiger partial charge in [-0.1, -0.05) is 0 Å². The molecule has 0 fully saturated rings. The van der Waals surface area contributed by atoms with Crippen molar-refractivity contribution in [2.24, 2.45) is 7.05 Å². The Balaban J connectivity index is 1.42. The van der Waals surface area contributed by atoms with Gasteiger partial charge in [0.05, 0.1) is 18.3 Å². The van der Waals surface area contributed by atoms with Crippen molar-refractivity contribution in [2.75, 3.05) is 6.54 Å². The zero-order valence-corrected chi connectivity index (χ0v) is 17.0. The standard InChI is InChI=1S/C20H14F2N8O3/c1-29-6-12(25-8-29)17-27-28-19(33-17)20(31)30-5-4-11-14(24-7-23-11)15(30)18-26-13-9(21)2-3-10(22)16(13)32-18/h2-3,6-8,15H,4-5H2,1H3,(H,23,24)/t15-/m0/s1. The molecule has 1 atom stereocenters. The van der Waals surface area contributed by atoms with Crippen molar-refractivity contribution in [3.8, 4) is 11.6 Å². The molecule has 0 bridgehead atoms. The van der Waals surface area contributed by atoms with E-state index in [4.69, 9.17) is 8.83 Å². The molecule has 0 saturated heterocycles. The van der Waals surface area contributed by atoms with E-state index < -0.39 is 23.6 Å². The molecule has 5 aromatic rings. The van der Waals surface area contributed by atoms with Gasteiger partial charge in [-0.15, -0.1) is 10.2 Å². The van der Waals surface area contributed by atoms with E-state index in [1.807, 2.05) is 0 Å². The topological polar surface area (TPSA) is 132 Å². The maximum absolute atomic E-state index is 14.2. The summed E-state index contributed by atoms with van der Waals surface area (Å²) >= 11 is 0. The van der Waals surface area contributed by atoms with Gasteiger partial charge in [-0.3, -0.25) is 4.79 Å². The molecule has 13 heteroatoms. The summed E-state index contributed by atoms with van der Waals surface area (Å²) in [6, 6.07) is 0.961. The highest BCUT2D eigenvalue weighted by atomic mass is 19.1. The lowest BCUT2D eigenvalue weighted by atomic mass is 10.0. The number of halogens is 2. The Hall–Kier alpha value is -4.42. The van der Waals surface area contributed by atoms with Crippen LogP contribution in [0.4, 0.5) is 8.78 Å². The van der Waals surface area contributed by atoms with Crippen molar-refractivity contribution in [1.29, 1.82) is 0 Å². The van der Waals surface area contributed by atoms with Crippen LogP contribution in [0, 0.1) is 11.6 Å². The molecule has 0 aliphatic carbocycles. The molecular weight excluding hydrogens is 438 g/mol. The number of carbonyl (C=O) groups excluding carboxylic acids is 1. The van der Waals surface area contributed by atoms with Gasteiger partial charge in [0.1, 0.15) is 11.2 Å². The monoisotopic (exact) mass is 452 g/mol. The Morgan fingerprint density at radius 2 is 2.03 bits per heavy atom. The zero-order valence-electron chi connectivity index (χ0n) is 17.0. The molecule has 1 aliphatic heterocycles. The number of aromatic nitrogens is 7. The first-order chi connectivity index (χ1) is 16.0. The van der Waals surface area contributed by atoms with Crippen LogP contribution in [0.25, 0.3) is 22.7 Å². The number of carbonyl (C=O) groups is 1. The number of benzene rings is 1. The summed E-state index contributed by atoms with van der Waals surface area (Å²) in [6.07, 6.45) is 5.16. The molecule has 0 radical (unpaired) electrons. The first-order valence-electron chi connectivity index (χ1n) is 9.89. The molecular formula is C20H14F2N8O3. The lowest BCUT2D eigenvalue weighted by Gasteiger charge is -2.31. The summed E-state index contributed by atoms with van der Waals surface area (Å²) in [5.41, 5.74) is 1.02. The van der Waals surface area contributed by atoms with Crippen molar-refractivity contribution in [2.45, 2.75) is 12.5 Å². The van der Waals surface area contributed by atoms with E-state index in [1.165, 1.54) is 11.2 Å². The van der Waals surface area contributed by atoms with Crippen LogP contribution in [-0.2, 0) is 13.5 Å². The van der Waals surface area contributed by atoms with Gasteiger partial charge in [-0.25, -0.2) is 23.7 Å². The quantitative estimate of drug-likeness (QED) is 0.441. The van der Waals surface area contributed by atoms with E-state index in [0.717, 1.165) is 17.8 Å². The maximum Gasteiger partial charge on any atom is 0.312 e. The average Bonchev–Trinajstić information content (AvgIpc) is 3.60. The Morgan fingerprint density at radius 1 is 1.18 bits per heavy atom.